The molecule has 12 heteroatoms. The first-order valence-corrected chi connectivity index (χ1v) is 12.7. The van der Waals surface area contributed by atoms with Gasteiger partial charge < -0.3 is 16.0 Å². The molecule has 0 saturated carbocycles. The van der Waals surface area contributed by atoms with Crippen LogP contribution in [0.4, 0.5) is 30.9 Å². The van der Waals surface area contributed by atoms with Crippen LogP contribution in [0.2, 0.25) is 0 Å². The van der Waals surface area contributed by atoms with Crippen molar-refractivity contribution in [1.82, 2.24) is 24.3 Å². The predicted molar refractivity (Wildman–Crippen MR) is 155 cm³/mol. The number of benzene rings is 2. The zero-order valence-electron chi connectivity index (χ0n) is 23.1. The fraction of sp³-hybridized carbons (Fsp3) is 0.207. The molecule has 0 bridgehead atoms. The zero-order valence-corrected chi connectivity index (χ0v) is 23.1. The molecule has 10 nitrogen and oxygen atoms in total. The maximum atomic E-state index is 14.8. The molecule has 2 aromatic carbocycles. The molecule has 0 radical (unpaired) electrons. The number of rotatable bonds is 5. The number of halogens is 2. The molecule has 210 valence electrons. The molecule has 0 atom stereocenters. The van der Waals surface area contributed by atoms with Gasteiger partial charge in [0.25, 0.3) is 5.56 Å². The first-order chi connectivity index (χ1) is 19.4. The smallest absolute Gasteiger partial charge is 0.323 e. The highest BCUT2D eigenvalue weighted by molar-refractivity contribution is 6.02. The van der Waals surface area contributed by atoms with E-state index in [2.05, 4.69) is 31.0 Å². The van der Waals surface area contributed by atoms with Gasteiger partial charge in [-0.1, -0.05) is 6.07 Å². The van der Waals surface area contributed by atoms with Crippen molar-refractivity contribution in [3.63, 3.8) is 0 Å². The molecule has 0 aliphatic rings. The Morgan fingerprint density at radius 1 is 0.951 bits per heavy atom. The monoisotopic (exact) mass is 558 g/mol. The van der Waals surface area contributed by atoms with E-state index in [0.29, 0.717) is 39.5 Å². The van der Waals surface area contributed by atoms with Crippen molar-refractivity contribution in [3.8, 4) is 22.4 Å². The van der Waals surface area contributed by atoms with Gasteiger partial charge in [-0.05, 0) is 68.8 Å². The number of hydrogen-bond donors (Lipinski definition) is 3. The molecule has 41 heavy (non-hydrogen) atoms. The van der Waals surface area contributed by atoms with Crippen molar-refractivity contribution < 1.29 is 13.6 Å². The summed E-state index contributed by atoms with van der Waals surface area (Å²) in [6, 6.07) is 10.7. The van der Waals surface area contributed by atoms with E-state index in [1.165, 1.54) is 34.9 Å². The normalized spacial score (nSPS) is 11.5. The van der Waals surface area contributed by atoms with Gasteiger partial charge in [0, 0.05) is 43.0 Å². The number of aromatic nitrogens is 5. The minimum Gasteiger partial charge on any atom is -0.357 e. The van der Waals surface area contributed by atoms with Crippen molar-refractivity contribution in [2.45, 2.75) is 26.3 Å². The van der Waals surface area contributed by atoms with Crippen LogP contribution in [0.25, 0.3) is 33.4 Å². The highest BCUT2D eigenvalue weighted by Crippen LogP contribution is 2.30. The Kier molecular flexibility index (Phi) is 6.99. The lowest BCUT2D eigenvalue weighted by Gasteiger charge is -2.18. The number of pyridine rings is 1. The van der Waals surface area contributed by atoms with Gasteiger partial charge in [0.1, 0.15) is 23.0 Å². The zero-order chi connectivity index (χ0) is 29.5. The number of anilines is 3. The average Bonchev–Trinajstić information content (AvgIpc) is 3.36. The number of amides is 2. The lowest BCUT2D eigenvalue weighted by molar-refractivity contribution is 0.262. The molecule has 5 rings (SSSR count). The number of nitrogens with zero attached hydrogens (tertiary/aromatic N) is 5. The van der Waals surface area contributed by atoms with E-state index < -0.39 is 23.2 Å². The summed E-state index contributed by atoms with van der Waals surface area (Å²) < 4.78 is 31.4. The molecule has 5 aromatic rings. The number of fused-ring (bicyclic) bond motifs is 1. The van der Waals surface area contributed by atoms with Crippen LogP contribution in [-0.2, 0) is 12.6 Å². The van der Waals surface area contributed by atoms with Gasteiger partial charge in [0.2, 0.25) is 5.95 Å². The second-order valence-corrected chi connectivity index (χ2v) is 10.4. The van der Waals surface area contributed by atoms with Crippen LogP contribution in [0.15, 0.2) is 65.7 Å². The van der Waals surface area contributed by atoms with E-state index in [1.54, 1.807) is 49.4 Å². The van der Waals surface area contributed by atoms with Crippen LogP contribution in [0.3, 0.4) is 0 Å². The van der Waals surface area contributed by atoms with Gasteiger partial charge in [-0.2, -0.15) is 10.1 Å². The van der Waals surface area contributed by atoms with Crippen LogP contribution in [0, 0.1) is 11.6 Å². The quantitative estimate of drug-likeness (QED) is 0.259. The number of nitrogens with one attached hydrogen (secondary N) is 3. The number of aryl methyl sites for hydroxylation is 1. The molecule has 2 amide bonds. The average molecular weight is 559 g/mol. The Morgan fingerprint density at radius 3 is 2.32 bits per heavy atom. The van der Waals surface area contributed by atoms with Crippen LogP contribution in [-0.4, -0.2) is 37.4 Å². The molecular formula is C29H28F2N8O2. The maximum Gasteiger partial charge on any atom is 0.323 e. The highest BCUT2D eigenvalue weighted by atomic mass is 19.1. The molecule has 3 aromatic heterocycles. The summed E-state index contributed by atoms with van der Waals surface area (Å²) in [5.74, 6) is -0.717. The molecule has 0 fully saturated rings. The third kappa shape index (κ3) is 5.49. The van der Waals surface area contributed by atoms with E-state index >= 15 is 0 Å². The van der Waals surface area contributed by atoms with Gasteiger partial charge in [0.15, 0.2) is 0 Å². The van der Waals surface area contributed by atoms with Gasteiger partial charge in [-0.15, -0.1) is 0 Å². The third-order valence-electron chi connectivity index (χ3n) is 6.47. The molecule has 0 aliphatic heterocycles. The van der Waals surface area contributed by atoms with E-state index in [4.69, 9.17) is 0 Å². The third-order valence-corrected chi connectivity index (χ3v) is 6.47. The largest absolute Gasteiger partial charge is 0.357 e. The summed E-state index contributed by atoms with van der Waals surface area (Å²) in [6.45, 7) is 5.84. The Bertz CT molecular complexity index is 1840. The SMILES string of the molecule is CNc1ncc2cc(-c3ccc(F)c(NC(=O)Nc4cn(C(C)(C)C)nc4-c4ccc(F)cc4)c3)c(=O)n(C)c2n1. The summed E-state index contributed by atoms with van der Waals surface area (Å²) in [5.41, 5.74) is 1.61. The standard InChI is InChI=1S/C29H28F2N8O2/c1-29(2,3)39-15-23(24(37-39)16-6-9-19(30)10-7-16)35-28(41)34-22-13-17(8-11-21(22)31)20-12-18-14-33-27(32-4)36-25(18)38(5)26(20)40/h6-15H,1-5H3,(H,32,33,36)(H2,34,35,41). The fourth-order valence-corrected chi connectivity index (χ4v) is 4.27. The number of carbonyl (C=O) groups excluding carboxylic acids is 1. The summed E-state index contributed by atoms with van der Waals surface area (Å²) in [4.78, 5) is 34.8. The molecule has 3 N–H and O–H groups in total. The summed E-state index contributed by atoms with van der Waals surface area (Å²) in [6.07, 6.45) is 3.25. The Balaban J connectivity index is 1.46. The first-order valence-electron chi connectivity index (χ1n) is 12.7. The second-order valence-electron chi connectivity index (χ2n) is 10.4. The van der Waals surface area contributed by atoms with Gasteiger partial charge in [0.05, 0.1) is 16.9 Å². The molecule has 0 aliphatic carbocycles. The van der Waals surface area contributed by atoms with Crippen molar-refractivity contribution in [1.29, 1.82) is 0 Å². The van der Waals surface area contributed by atoms with E-state index in [-0.39, 0.29) is 16.8 Å². The predicted octanol–water partition coefficient (Wildman–Crippen LogP) is 5.58. The molecular weight excluding hydrogens is 530 g/mol. The fourth-order valence-electron chi connectivity index (χ4n) is 4.27. The lowest BCUT2D eigenvalue weighted by Crippen LogP contribution is -2.22. The minimum atomic E-state index is -0.725. The van der Waals surface area contributed by atoms with Crippen LogP contribution in [0.1, 0.15) is 20.8 Å². The van der Waals surface area contributed by atoms with Crippen LogP contribution in [0.5, 0.6) is 0 Å². The van der Waals surface area contributed by atoms with Crippen molar-refractivity contribution in [3.05, 3.63) is 82.9 Å². The van der Waals surface area contributed by atoms with Crippen molar-refractivity contribution >= 4 is 34.4 Å². The summed E-state index contributed by atoms with van der Waals surface area (Å²) in [7, 11) is 3.27. The second kappa shape index (κ2) is 10.5. The van der Waals surface area contributed by atoms with Crippen LogP contribution < -0.4 is 21.5 Å². The lowest BCUT2D eigenvalue weighted by atomic mass is 10.1. The first kappa shape index (κ1) is 27.4. The summed E-state index contributed by atoms with van der Waals surface area (Å²) >= 11 is 0. The minimum absolute atomic E-state index is 0.129. The highest BCUT2D eigenvalue weighted by Gasteiger charge is 2.21. The molecule has 0 spiro atoms. The van der Waals surface area contributed by atoms with Gasteiger partial charge >= 0.3 is 6.03 Å². The Labute approximate surface area is 234 Å². The van der Waals surface area contributed by atoms with Crippen molar-refractivity contribution in [2.75, 3.05) is 23.0 Å². The Hall–Kier alpha value is -5.13. The number of urea groups is 1. The van der Waals surface area contributed by atoms with Gasteiger partial charge in [-0.25, -0.2) is 18.6 Å². The van der Waals surface area contributed by atoms with Crippen LogP contribution >= 0.6 is 0 Å². The number of hydrogen-bond acceptors (Lipinski definition) is 6. The molecule has 0 unspecified atom stereocenters. The molecule has 0 saturated heterocycles. The topological polar surface area (TPSA) is 119 Å². The van der Waals surface area contributed by atoms with E-state index in [0.717, 1.165) is 0 Å². The van der Waals surface area contributed by atoms with E-state index in [9.17, 15) is 18.4 Å². The Morgan fingerprint density at radius 2 is 1.63 bits per heavy atom. The number of carbonyl (C=O) groups is 1. The van der Waals surface area contributed by atoms with E-state index in [1.807, 2.05) is 20.8 Å². The maximum absolute atomic E-state index is 14.8. The van der Waals surface area contributed by atoms with Gasteiger partial charge in [-0.3, -0.25) is 14.0 Å². The van der Waals surface area contributed by atoms with Crippen molar-refractivity contribution in [2.24, 2.45) is 7.05 Å². The summed E-state index contributed by atoms with van der Waals surface area (Å²) in [5, 5.41) is 13.3. The molecule has 3 heterocycles.